The SMILES string of the molecule is BrC=C=CBr. The van der Waals surface area contributed by atoms with Crippen LogP contribution >= 0.6 is 31.9 Å². The molecule has 0 aliphatic rings. The Bertz CT molecular complexity index is 53.3. The second kappa shape index (κ2) is 4.48. The van der Waals surface area contributed by atoms with E-state index in [1.54, 1.807) is 9.97 Å². The van der Waals surface area contributed by atoms with E-state index < -0.39 is 0 Å². The molecule has 0 unspecified atom stereocenters. The zero-order valence-corrected chi connectivity index (χ0v) is 5.58. The van der Waals surface area contributed by atoms with Crippen molar-refractivity contribution in [1.82, 2.24) is 0 Å². The highest BCUT2D eigenvalue weighted by molar-refractivity contribution is 9.11. The third-order valence-corrected chi connectivity index (χ3v) is 0.655. The minimum Gasteiger partial charge on any atom is -0.106 e. The van der Waals surface area contributed by atoms with Crippen molar-refractivity contribution in [2.24, 2.45) is 0 Å². The second-order valence-electron chi connectivity index (χ2n) is 0.385. The average molecular weight is 198 g/mol. The van der Waals surface area contributed by atoms with Gasteiger partial charge in [-0.2, -0.15) is 0 Å². The van der Waals surface area contributed by atoms with Crippen LogP contribution in [0.3, 0.4) is 0 Å². The molecule has 0 nitrogen and oxygen atoms in total. The standard InChI is InChI=1S/C3H2Br2/c4-2-1-3-5/h2-3H. The molecule has 0 aromatic carbocycles. The van der Waals surface area contributed by atoms with E-state index in [9.17, 15) is 0 Å². The topological polar surface area (TPSA) is 0 Å². The predicted octanol–water partition coefficient (Wildman–Crippen LogP) is 2.40. The van der Waals surface area contributed by atoms with Crippen molar-refractivity contribution in [2.45, 2.75) is 0 Å². The van der Waals surface area contributed by atoms with Crippen molar-refractivity contribution < 1.29 is 0 Å². The Labute approximate surface area is 47.8 Å². The Morgan fingerprint density at radius 3 is 1.60 bits per heavy atom. The molecule has 0 aromatic heterocycles. The molecule has 0 bridgehead atoms. The maximum absolute atomic E-state index is 3.01. The zero-order chi connectivity index (χ0) is 4.12. The number of halogens is 2. The van der Waals surface area contributed by atoms with E-state index in [2.05, 4.69) is 37.6 Å². The average Bonchev–Trinajstić information content (AvgIpc) is 1.41. The fraction of sp³-hybridized carbons (Fsp3) is 0. The van der Waals surface area contributed by atoms with Crippen LogP contribution in [0.15, 0.2) is 15.7 Å². The van der Waals surface area contributed by atoms with Gasteiger partial charge in [-0.15, -0.1) is 5.73 Å². The molecule has 0 radical (unpaired) electrons. The van der Waals surface area contributed by atoms with Crippen LogP contribution in [-0.4, -0.2) is 0 Å². The van der Waals surface area contributed by atoms with Crippen LogP contribution in [0.2, 0.25) is 0 Å². The van der Waals surface area contributed by atoms with Crippen LogP contribution in [0.4, 0.5) is 0 Å². The van der Waals surface area contributed by atoms with Crippen LogP contribution in [-0.2, 0) is 0 Å². The van der Waals surface area contributed by atoms with Gasteiger partial charge in [0.05, 0.1) is 0 Å². The molecule has 0 saturated carbocycles. The quantitative estimate of drug-likeness (QED) is 0.524. The highest BCUT2D eigenvalue weighted by Gasteiger charge is 1.39. The fourth-order valence-electron chi connectivity index (χ4n) is 0.0238. The number of hydrogen-bond donors (Lipinski definition) is 0. The summed E-state index contributed by atoms with van der Waals surface area (Å²) in [6.45, 7) is 0. The Morgan fingerprint density at radius 1 is 1.20 bits per heavy atom. The first-order chi connectivity index (χ1) is 2.41. The molecular formula is C3H2Br2. The molecule has 0 heterocycles. The highest BCUT2D eigenvalue weighted by Crippen LogP contribution is 1.81. The normalized spacial score (nSPS) is 5.20. The van der Waals surface area contributed by atoms with Crippen molar-refractivity contribution in [1.29, 1.82) is 0 Å². The minimum atomic E-state index is 1.64. The zero-order valence-electron chi connectivity index (χ0n) is 2.41. The molecule has 5 heavy (non-hydrogen) atoms. The molecule has 0 N–H and O–H groups in total. The molecular weight excluding hydrogens is 196 g/mol. The Morgan fingerprint density at radius 2 is 1.60 bits per heavy atom. The Balaban J connectivity index is 3.26. The van der Waals surface area contributed by atoms with Crippen LogP contribution in [0.25, 0.3) is 0 Å². The molecule has 0 aliphatic heterocycles. The van der Waals surface area contributed by atoms with E-state index in [0.29, 0.717) is 0 Å². The van der Waals surface area contributed by atoms with Crippen molar-refractivity contribution >= 4 is 31.9 Å². The van der Waals surface area contributed by atoms with Crippen molar-refractivity contribution in [3.05, 3.63) is 15.7 Å². The maximum Gasteiger partial charge on any atom is 0.0237 e. The third-order valence-electron chi connectivity index (χ3n) is 0.126. The highest BCUT2D eigenvalue weighted by atomic mass is 79.9. The summed E-state index contributed by atoms with van der Waals surface area (Å²) in [6.07, 6.45) is 0. The summed E-state index contributed by atoms with van der Waals surface area (Å²) in [7, 11) is 0. The molecule has 2 heteroatoms. The van der Waals surface area contributed by atoms with Crippen LogP contribution in [0.1, 0.15) is 0 Å². The monoisotopic (exact) mass is 196 g/mol. The van der Waals surface area contributed by atoms with Gasteiger partial charge in [0.15, 0.2) is 0 Å². The molecule has 0 saturated heterocycles. The lowest BCUT2D eigenvalue weighted by atomic mass is 11.0. The molecule has 0 amide bonds. The smallest absolute Gasteiger partial charge is 0.0237 e. The van der Waals surface area contributed by atoms with Gasteiger partial charge in [-0.3, -0.25) is 0 Å². The van der Waals surface area contributed by atoms with Crippen molar-refractivity contribution in [2.75, 3.05) is 0 Å². The van der Waals surface area contributed by atoms with E-state index >= 15 is 0 Å². The lowest BCUT2D eigenvalue weighted by Gasteiger charge is -1.44. The first-order valence-corrected chi connectivity index (χ1v) is 2.85. The summed E-state index contributed by atoms with van der Waals surface area (Å²) in [6, 6.07) is 0. The van der Waals surface area contributed by atoms with Gasteiger partial charge >= 0.3 is 0 Å². The molecule has 0 fully saturated rings. The third kappa shape index (κ3) is 4.48. The van der Waals surface area contributed by atoms with E-state index in [0.717, 1.165) is 0 Å². The van der Waals surface area contributed by atoms with Crippen molar-refractivity contribution in [3.8, 4) is 0 Å². The maximum atomic E-state index is 3.01. The minimum absolute atomic E-state index is 1.64. The molecule has 0 aliphatic carbocycles. The summed E-state index contributed by atoms with van der Waals surface area (Å²) >= 11 is 6.02. The van der Waals surface area contributed by atoms with Gasteiger partial charge in [-0.1, -0.05) is 31.9 Å². The molecule has 0 spiro atoms. The predicted molar refractivity (Wildman–Crippen MR) is 30.5 cm³/mol. The number of hydrogen-bond acceptors (Lipinski definition) is 0. The summed E-state index contributed by atoms with van der Waals surface area (Å²) in [5.74, 6) is 0. The van der Waals surface area contributed by atoms with Gasteiger partial charge < -0.3 is 0 Å². The molecule has 28 valence electrons. The van der Waals surface area contributed by atoms with Crippen LogP contribution in [0.5, 0.6) is 0 Å². The van der Waals surface area contributed by atoms with Gasteiger partial charge in [0, 0.05) is 9.97 Å². The largest absolute Gasteiger partial charge is 0.106 e. The lowest BCUT2D eigenvalue weighted by molar-refractivity contribution is 2.43. The van der Waals surface area contributed by atoms with Crippen molar-refractivity contribution in [3.63, 3.8) is 0 Å². The van der Waals surface area contributed by atoms with Gasteiger partial charge in [0.2, 0.25) is 0 Å². The summed E-state index contributed by atoms with van der Waals surface area (Å²) < 4.78 is 0. The fourth-order valence-corrected chi connectivity index (χ4v) is 0.643. The van der Waals surface area contributed by atoms with Crippen LogP contribution in [0, 0.1) is 0 Å². The van der Waals surface area contributed by atoms with Gasteiger partial charge in [-0.05, 0) is 0 Å². The lowest BCUT2D eigenvalue weighted by Crippen LogP contribution is -1.13. The van der Waals surface area contributed by atoms with E-state index in [1.165, 1.54) is 0 Å². The number of rotatable bonds is 0. The van der Waals surface area contributed by atoms with Crippen LogP contribution < -0.4 is 0 Å². The Kier molecular flexibility index (Phi) is 4.91. The van der Waals surface area contributed by atoms with E-state index in [-0.39, 0.29) is 0 Å². The van der Waals surface area contributed by atoms with E-state index in [4.69, 9.17) is 0 Å². The molecule has 0 rings (SSSR count). The van der Waals surface area contributed by atoms with Gasteiger partial charge in [0.1, 0.15) is 0 Å². The first-order valence-electron chi connectivity index (χ1n) is 1.01. The summed E-state index contributed by atoms with van der Waals surface area (Å²) in [5, 5.41) is 0. The molecule has 0 aromatic rings. The molecule has 0 atom stereocenters. The van der Waals surface area contributed by atoms with Gasteiger partial charge in [0.25, 0.3) is 0 Å². The Hall–Kier alpha value is 0.480. The summed E-state index contributed by atoms with van der Waals surface area (Å²) in [4.78, 5) is 3.28. The summed E-state index contributed by atoms with van der Waals surface area (Å²) in [5.41, 5.74) is 2.69. The van der Waals surface area contributed by atoms with E-state index in [1.807, 2.05) is 0 Å². The van der Waals surface area contributed by atoms with Gasteiger partial charge in [-0.25, -0.2) is 0 Å². The second-order valence-corrected chi connectivity index (χ2v) is 1.30. The first kappa shape index (κ1) is 5.48.